The zero-order valence-corrected chi connectivity index (χ0v) is 11.0. The van der Waals surface area contributed by atoms with Crippen molar-refractivity contribution in [2.45, 2.75) is 19.4 Å². The van der Waals surface area contributed by atoms with E-state index in [1.165, 1.54) is 0 Å². The molecule has 0 radical (unpaired) electrons. The molecule has 1 unspecified atom stereocenters. The van der Waals surface area contributed by atoms with Gasteiger partial charge in [-0.1, -0.05) is 12.1 Å². The molecule has 0 aliphatic carbocycles. The third kappa shape index (κ3) is 4.54. The molecular formula is C14H21N3O2. The van der Waals surface area contributed by atoms with Crippen LogP contribution in [0, 0.1) is 5.92 Å². The summed E-state index contributed by atoms with van der Waals surface area (Å²) < 4.78 is 5.29. The molecule has 1 fully saturated rings. The van der Waals surface area contributed by atoms with Gasteiger partial charge in [-0.05, 0) is 36.5 Å². The third-order valence-electron chi connectivity index (χ3n) is 3.31. The predicted octanol–water partition coefficient (Wildman–Crippen LogP) is 1.69. The second-order valence-electron chi connectivity index (χ2n) is 4.80. The van der Waals surface area contributed by atoms with Crippen molar-refractivity contribution in [2.75, 3.05) is 25.1 Å². The van der Waals surface area contributed by atoms with Crippen LogP contribution in [-0.4, -0.2) is 25.8 Å². The first kappa shape index (κ1) is 13.8. The van der Waals surface area contributed by atoms with Crippen LogP contribution in [0.4, 0.5) is 10.5 Å². The van der Waals surface area contributed by atoms with E-state index in [2.05, 4.69) is 10.6 Å². The third-order valence-corrected chi connectivity index (χ3v) is 3.31. The minimum atomic E-state index is -0.167. The van der Waals surface area contributed by atoms with Crippen LogP contribution in [0.2, 0.25) is 0 Å². The van der Waals surface area contributed by atoms with E-state index in [1.54, 1.807) is 0 Å². The SMILES string of the molecule is NCc1ccc(NC(=O)NCCC2CCOC2)cc1. The van der Waals surface area contributed by atoms with Crippen LogP contribution in [0.15, 0.2) is 24.3 Å². The summed E-state index contributed by atoms with van der Waals surface area (Å²) in [7, 11) is 0. The highest BCUT2D eigenvalue weighted by Gasteiger charge is 2.15. The standard InChI is InChI=1S/C14H21N3O2/c15-9-11-1-3-13(4-2-11)17-14(18)16-7-5-12-6-8-19-10-12/h1-4,12H,5-10,15H2,(H2,16,17,18). The highest BCUT2D eigenvalue weighted by atomic mass is 16.5. The Labute approximate surface area is 113 Å². The first-order valence-electron chi connectivity index (χ1n) is 6.69. The normalized spacial score (nSPS) is 18.3. The Bertz CT molecular complexity index is 400. The largest absolute Gasteiger partial charge is 0.381 e. The van der Waals surface area contributed by atoms with E-state index in [0.717, 1.165) is 37.3 Å². The number of carbonyl (C=O) groups excluding carboxylic acids is 1. The lowest BCUT2D eigenvalue weighted by Crippen LogP contribution is -2.30. The van der Waals surface area contributed by atoms with Gasteiger partial charge in [-0.2, -0.15) is 0 Å². The van der Waals surface area contributed by atoms with Gasteiger partial charge >= 0.3 is 6.03 Å². The molecule has 4 N–H and O–H groups in total. The van der Waals surface area contributed by atoms with Gasteiger partial charge in [0.15, 0.2) is 0 Å². The number of amides is 2. The summed E-state index contributed by atoms with van der Waals surface area (Å²) in [4.78, 5) is 11.7. The second kappa shape index (κ2) is 7.11. The number of nitrogens with one attached hydrogen (secondary N) is 2. The van der Waals surface area contributed by atoms with Crippen molar-refractivity contribution in [3.05, 3.63) is 29.8 Å². The number of urea groups is 1. The summed E-state index contributed by atoms with van der Waals surface area (Å²) in [5.41, 5.74) is 7.34. The highest BCUT2D eigenvalue weighted by Crippen LogP contribution is 2.15. The zero-order valence-electron chi connectivity index (χ0n) is 11.0. The van der Waals surface area contributed by atoms with Crippen LogP contribution in [0.25, 0.3) is 0 Å². The first-order chi connectivity index (χ1) is 9.28. The summed E-state index contributed by atoms with van der Waals surface area (Å²) in [6.45, 7) is 2.87. The molecular weight excluding hydrogens is 242 g/mol. The quantitative estimate of drug-likeness (QED) is 0.756. The van der Waals surface area contributed by atoms with E-state index in [4.69, 9.17) is 10.5 Å². The van der Waals surface area contributed by atoms with E-state index >= 15 is 0 Å². The fourth-order valence-corrected chi connectivity index (χ4v) is 2.10. The average Bonchev–Trinajstić information content (AvgIpc) is 2.93. The Morgan fingerprint density at radius 2 is 2.16 bits per heavy atom. The van der Waals surface area contributed by atoms with Gasteiger partial charge < -0.3 is 21.1 Å². The van der Waals surface area contributed by atoms with Crippen LogP contribution in [0.1, 0.15) is 18.4 Å². The second-order valence-corrected chi connectivity index (χ2v) is 4.80. The number of rotatable bonds is 5. The molecule has 1 aliphatic heterocycles. The summed E-state index contributed by atoms with van der Waals surface area (Å²) in [5, 5.41) is 5.65. The van der Waals surface area contributed by atoms with Crippen molar-refractivity contribution in [1.29, 1.82) is 0 Å². The predicted molar refractivity (Wildman–Crippen MR) is 74.9 cm³/mol. The van der Waals surface area contributed by atoms with Crippen LogP contribution < -0.4 is 16.4 Å². The number of benzene rings is 1. The van der Waals surface area contributed by atoms with E-state index in [-0.39, 0.29) is 6.03 Å². The summed E-state index contributed by atoms with van der Waals surface area (Å²) in [6, 6.07) is 7.36. The van der Waals surface area contributed by atoms with Gasteiger partial charge in [0, 0.05) is 32.0 Å². The van der Waals surface area contributed by atoms with Crippen LogP contribution >= 0.6 is 0 Å². The van der Waals surface area contributed by atoms with Gasteiger partial charge in [0.2, 0.25) is 0 Å². The number of hydrogen-bond acceptors (Lipinski definition) is 3. The zero-order chi connectivity index (χ0) is 13.5. The van der Waals surface area contributed by atoms with E-state index < -0.39 is 0 Å². The Morgan fingerprint density at radius 3 is 2.79 bits per heavy atom. The van der Waals surface area contributed by atoms with Gasteiger partial charge in [-0.25, -0.2) is 4.79 Å². The Kier molecular flexibility index (Phi) is 5.18. The van der Waals surface area contributed by atoms with Crippen molar-refractivity contribution in [3.8, 4) is 0 Å². The molecule has 1 aromatic carbocycles. The lowest BCUT2D eigenvalue weighted by Gasteiger charge is -2.10. The lowest BCUT2D eigenvalue weighted by molar-refractivity contribution is 0.184. The van der Waals surface area contributed by atoms with Crippen molar-refractivity contribution >= 4 is 11.7 Å². The van der Waals surface area contributed by atoms with Gasteiger partial charge in [-0.3, -0.25) is 0 Å². The minimum absolute atomic E-state index is 0.167. The molecule has 19 heavy (non-hydrogen) atoms. The summed E-state index contributed by atoms with van der Waals surface area (Å²) in [6.07, 6.45) is 2.07. The Balaban J connectivity index is 1.68. The molecule has 1 heterocycles. The van der Waals surface area contributed by atoms with E-state index in [1.807, 2.05) is 24.3 Å². The minimum Gasteiger partial charge on any atom is -0.381 e. The molecule has 5 nitrogen and oxygen atoms in total. The first-order valence-corrected chi connectivity index (χ1v) is 6.69. The molecule has 0 aromatic heterocycles. The molecule has 2 rings (SSSR count). The lowest BCUT2D eigenvalue weighted by atomic mass is 10.1. The molecule has 1 atom stereocenters. The van der Waals surface area contributed by atoms with Crippen molar-refractivity contribution in [1.82, 2.24) is 5.32 Å². The highest BCUT2D eigenvalue weighted by molar-refractivity contribution is 5.89. The topological polar surface area (TPSA) is 76.4 Å². The molecule has 1 saturated heterocycles. The summed E-state index contributed by atoms with van der Waals surface area (Å²) in [5.74, 6) is 0.587. The number of nitrogens with two attached hydrogens (primary N) is 1. The fourth-order valence-electron chi connectivity index (χ4n) is 2.10. The molecule has 0 saturated carbocycles. The number of anilines is 1. The smallest absolute Gasteiger partial charge is 0.319 e. The molecule has 0 bridgehead atoms. The Hall–Kier alpha value is -1.59. The molecule has 5 heteroatoms. The number of ether oxygens (including phenoxy) is 1. The van der Waals surface area contributed by atoms with Crippen molar-refractivity contribution in [2.24, 2.45) is 11.7 Å². The van der Waals surface area contributed by atoms with Gasteiger partial charge in [0.05, 0.1) is 0 Å². The maximum Gasteiger partial charge on any atom is 0.319 e. The van der Waals surface area contributed by atoms with Crippen molar-refractivity contribution in [3.63, 3.8) is 0 Å². The molecule has 104 valence electrons. The molecule has 2 amide bonds. The van der Waals surface area contributed by atoms with Crippen molar-refractivity contribution < 1.29 is 9.53 Å². The Morgan fingerprint density at radius 1 is 1.37 bits per heavy atom. The summed E-state index contributed by atoms with van der Waals surface area (Å²) >= 11 is 0. The monoisotopic (exact) mass is 263 g/mol. The maximum absolute atomic E-state index is 11.7. The number of carbonyl (C=O) groups is 1. The maximum atomic E-state index is 11.7. The molecule has 1 aromatic rings. The molecule has 1 aliphatic rings. The van der Waals surface area contributed by atoms with Crippen LogP contribution in [-0.2, 0) is 11.3 Å². The van der Waals surface area contributed by atoms with Crippen LogP contribution in [0.5, 0.6) is 0 Å². The number of hydrogen-bond donors (Lipinski definition) is 3. The fraction of sp³-hybridized carbons (Fsp3) is 0.500. The van der Waals surface area contributed by atoms with Gasteiger partial charge in [0.25, 0.3) is 0 Å². The van der Waals surface area contributed by atoms with Gasteiger partial charge in [-0.15, -0.1) is 0 Å². The molecule has 0 spiro atoms. The average molecular weight is 263 g/mol. The van der Waals surface area contributed by atoms with E-state index in [0.29, 0.717) is 19.0 Å². The van der Waals surface area contributed by atoms with E-state index in [9.17, 15) is 4.79 Å². The van der Waals surface area contributed by atoms with Crippen LogP contribution in [0.3, 0.4) is 0 Å². The van der Waals surface area contributed by atoms with Gasteiger partial charge in [0.1, 0.15) is 0 Å².